The lowest BCUT2D eigenvalue weighted by atomic mass is 9.83. The van der Waals surface area contributed by atoms with E-state index in [1.54, 1.807) is 0 Å². The van der Waals surface area contributed by atoms with Gasteiger partial charge in [-0.1, -0.05) is 20.8 Å². The molecule has 0 aromatic heterocycles. The maximum Gasteiger partial charge on any atom is 0.0492 e. The van der Waals surface area contributed by atoms with Gasteiger partial charge in [-0.05, 0) is 32.1 Å². The number of hydrogen-bond acceptors (Lipinski definition) is 2. The molecule has 1 aliphatic heterocycles. The van der Waals surface area contributed by atoms with E-state index in [0.717, 1.165) is 0 Å². The lowest BCUT2D eigenvalue weighted by molar-refractivity contribution is 0.332. The van der Waals surface area contributed by atoms with Crippen molar-refractivity contribution in [3.05, 3.63) is 0 Å². The Kier molecular flexibility index (Phi) is 2.99. The third-order valence-corrected chi connectivity index (χ3v) is 2.79. The van der Waals surface area contributed by atoms with Crippen molar-refractivity contribution < 1.29 is 0 Å². The molecule has 2 atom stereocenters. The SMILES string of the molecule is CC1=NNC(C)C1CCC(C)(C)C. The molecule has 2 unspecified atom stereocenters. The summed E-state index contributed by atoms with van der Waals surface area (Å²) in [6.45, 7) is 11.2. The summed E-state index contributed by atoms with van der Waals surface area (Å²) in [4.78, 5) is 0. The molecular formula is C11H22N2. The van der Waals surface area contributed by atoms with Crippen LogP contribution < -0.4 is 5.43 Å². The number of hydrogen-bond donors (Lipinski definition) is 1. The minimum atomic E-state index is 0.447. The first-order chi connectivity index (χ1) is 5.90. The molecule has 0 aromatic rings. The fourth-order valence-corrected chi connectivity index (χ4v) is 1.79. The predicted molar refractivity (Wildman–Crippen MR) is 57.9 cm³/mol. The molecule has 76 valence electrons. The lowest BCUT2D eigenvalue weighted by Gasteiger charge is -2.22. The Morgan fingerprint density at radius 1 is 1.38 bits per heavy atom. The fourth-order valence-electron chi connectivity index (χ4n) is 1.79. The topological polar surface area (TPSA) is 24.4 Å². The van der Waals surface area contributed by atoms with Gasteiger partial charge in [0.25, 0.3) is 0 Å². The molecule has 0 saturated heterocycles. The number of nitrogens with one attached hydrogen (secondary N) is 1. The quantitative estimate of drug-likeness (QED) is 0.697. The Bertz CT molecular complexity index is 201. The van der Waals surface area contributed by atoms with Crippen LogP contribution in [-0.2, 0) is 0 Å². The molecule has 0 saturated carbocycles. The number of hydrazone groups is 1. The molecule has 1 aliphatic rings. The average Bonchev–Trinajstić information content (AvgIpc) is 2.27. The highest BCUT2D eigenvalue weighted by molar-refractivity contribution is 5.86. The smallest absolute Gasteiger partial charge is 0.0492 e. The Morgan fingerprint density at radius 2 is 2.00 bits per heavy atom. The van der Waals surface area contributed by atoms with Crippen LogP contribution in [-0.4, -0.2) is 11.8 Å². The molecule has 0 spiro atoms. The van der Waals surface area contributed by atoms with Gasteiger partial charge in [-0.25, -0.2) is 0 Å². The summed E-state index contributed by atoms with van der Waals surface area (Å²) < 4.78 is 0. The first-order valence-corrected chi connectivity index (χ1v) is 5.20. The predicted octanol–water partition coefficient (Wildman–Crippen LogP) is 2.80. The largest absolute Gasteiger partial charge is 0.307 e. The zero-order valence-electron chi connectivity index (χ0n) is 9.52. The average molecular weight is 182 g/mol. The van der Waals surface area contributed by atoms with Crippen molar-refractivity contribution in [1.82, 2.24) is 5.43 Å². The van der Waals surface area contributed by atoms with Crippen molar-refractivity contribution in [1.29, 1.82) is 0 Å². The maximum atomic E-state index is 4.27. The van der Waals surface area contributed by atoms with Gasteiger partial charge in [-0.15, -0.1) is 0 Å². The molecule has 0 radical (unpaired) electrons. The first-order valence-electron chi connectivity index (χ1n) is 5.20. The zero-order chi connectivity index (χ0) is 10.1. The standard InChI is InChI=1S/C11H22N2/c1-8-10(9(2)13-12-8)6-7-11(3,4)5/h8,10,12H,6-7H2,1-5H3. The van der Waals surface area contributed by atoms with Crippen LogP contribution in [0.3, 0.4) is 0 Å². The summed E-state index contributed by atoms with van der Waals surface area (Å²) in [5.41, 5.74) is 4.87. The molecule has 0 aromatic carbocycles. The fraction of sp³-hybridized carbons (Fsp3) is 0.909. The second kappa shape index (κ2) is 3.69. The highest BCUT2D eigenvalue weighted by Gasteiger charge is 2.26. The van der Waals surface area contributed by atoms with E-state index in [9.17, 15) is 0 Å². The summed E-state index contributed by atoms with van der Waals surface area (Å²) in [5.74, 6) is 0.652. The molecule has 1 N–H and O–H groups in total. The van der Waals surface area contributed by atoms with Crippen molar-refractivity contribution in [2.75, 3.05) is 0 Å². The van der Waals surface area contributed by atoms with Gasteiger partial charge in [0.05, 0.1) is 0 Å². The van der Waals surface area contributed by atoms with Crippen molar-refractivity contribution in [2.45, 2.75) is 53.5 Å². The molecular weight excluding hydrogens is 160 g/mol. The third kappa shape index (κ3) is 3.02. The maximum absolute atomic E-state index is 4.27. The van der Waals surface area contributed by atoms with Gasteiger partial charge in [0.1, 0.15) is 0 Å². The van der Waals surface area contributed by atoms with E-state index in [1.165, 1.54) is 18.6 Å². The van der Waals surface area contributed by atoms with E-state index >= 15 is 0 Å². The minimum Gasteiger partial charge on any atom is -0.307 e. The van der Waals surface area contributed by atoms with Gasteiger partial charge in [-0.3, -0.25) is 0 Å². The summed E-state index contributed by atoms with van der Waals surface area (Å²) in [6.07, 6.45) is 2.53. The Hall–Kier alpha value is -0.530. The Balaban J connectivity index is 2.41. The van der Waals surface area contributed by atoms with Crippen LogP contribution in [0.15, 0.2) is 5.10 Å². The van der Waals surface area contributed by atoms with Crippen LogP contribution >= 0.6 is 0 Å². The second-order valence-electron chi connectivity index (χ2n) is 5.38. The molecule has 1 heterocycles. The van der Waals surface area contributed by atoms with Gasteiger partial charge in [-0.2, -0.15) is 5.10 Å². The third-order valence-electron chi connectivity index (χ3n) is 2.79. The van der Waals surface area contributed by atoms with Crippen LogP contribution in [0.25, 0.3) is 0 Å². The number of nitrogens with zero attached hydrogens (tertiary/aromatic N) is 1. The van der Waals surface area contributed by atoms with Crippen molar-refractivity contribution in [3.63, 3.8) is 0 Å². The summed E-state index contributed by atoms with van der Waals surface area (Å²) >= 11 is 0. The minimum absolute atomic E-state index is 0.447. The van der Waals surface area contributed by atoms with Crippen LogP contribution in [0, 0.1) is 11.3 Å². The van der Waals surface area contributed by atoms with Crippen molar-refractivity contribution in [3.8, 4) is 0 Å². The van der Waals surface area contributed by atoms with E-state index in [-0.39, 0.29) is 0 Å². The first kappa shape index (κ1) is 10.6. The molecule has 13 heavy (non-hydrogen) atoms. The molecule has 0 amide bonds. The van der Waals surface area contributed by atoms with Gasteiger partial charge < -0.3 is 5.43 Å². The molecule has 2 nitrogen and oxygen atoms in total. The van der Waals surface area contributed by atoms with Crippen LogP contribution in [0.5, 0.6) is 0 Å². The molecule has 1 rings (SSSR count). The molecule has 0 bridgehead atoms. The number of rotatable bonds is 2. The van der Waals surface area contributed by atoms with Crippen LogP contribution in [0.1, 0.15) is 47.5 Å². The van der Waals surface area contributed by atoms with Gasteiger partial charge >= 0.3 is 0 Å². The normalized spacial score (nSPS) is 28.5. The Morgan fingerprint density at radius 3 is 2.38 bits per heavy atom. The molecule has 0 aliphatic carbocycles. The molecule has 2 heteroatoms. The monoisotopic (exact) mass is 182 g/mol. The second-order valence-corrected chi connectivity index (χ2v) is 5.38. The van der Waals surface area contributed by atoms with E-state index < -0.39 is 0 Å². The highest BCUT2D eigenvalue weighted by atomic mass is 15.3. The van der Waals surface area contributed by atoms with Gasteiger partial charge in [0, 0.05) is 17.7 Å². The highest BCUT2D eigenvalue weighted by Crippen LogP contribution is 2.27. The van der Waals surface area contributed by atoms with Gasteiger partial charge in [0.2, 0.25) is 0 Å². The Labute approximate surface area is 81.8 Å². The summed E-state index contributed by atoms with van der Waals surface area (Å²) in [6, 6.07) is 0.530. The van der Waals surface area contributed by atoms with Gasteiger partial charge in [0.15, 0.2) is 0 Å². The van der Waals surface area contributed by atoms with E-state index in [0.29, 0.717) is 17.4 Å². The summed E-state index contributed by atoms with van der Waals surface area (Å²) in [5, 5.41) is 4.27. The lowest BCUT2D eigenvalue weighted by Crippen LogP contribution is -2.26. The summed E-state index contributed by atoms with van der Waals surface area (Å²) in [7, 11) is 0. The zero-order valence-corrected chi connectivity index (χ0v) is 9.52. The van der Waals surface area contributed by atoms with Crippen LogP contribution in [0.2, 0.25) is 0 Å². The molecule has 0 fully saturated rings. The van der Waals surface area contributed by atoms with E-state index in [1.807, 2.05) is 0 Å². The van der Waals surface area contributed by atoms with E-state index in [4.69, 9.17) is 0 Å². The van der Waals surface area contributed by atoms with Crippen molar-refractivity contribution in [2.24, 2.45) is 16.4 Å². The van der Waals surface area contributed by atoms with Crippen molar-refractivity contribution >= 4 is 5.71 Å². The van der Waals surface area contributed by atoms with E-state index in [2.05, 4.69) is 45.1 Å². The van der Waals surface area contributed by atoms with Crippen LogP contribution in [0.4, 0.5) is 0 Å².